The van der Waals surface area contributed by atoms with Crippen LogP contribution in [0.4, 0.5) is 0 Å². The van der Waals surface area contributed by atoms with E-state index in [1.54, 1.807) is 0 Å². The molecule has 2 atom stereocenters. The summed E-state index contributed by atoms with van der Waals surface area (Å²) in [6.45, 7) is 0.607. The van der Waals surface area contributed by atoms with Crippen LogP contribution in [-0.4, -0.2) is 29.5 Å². The zero-order valence-electron chi connectivity index (χ0n) is 6.16. The number of aliphatic hydroxyl groups excluding tert-OH is 1. The molecule has 1 fully saturated rings. The Morgan fingerprint density at radius 1 is 1.73 bits per heavy atom. The fraction of sp³-hybridized carbons (Fsp3) is 0.857. The number of ether oxygens (including phenoxy) is 1. The van der Waals surface area contributed by atoms with Gasteiger partial charge in [0.15, 0.2) is 0 Å². The maximum absolute atomic E-state index is 10.5. The SMILES string of the molecule is O=C([S-])CC1COC(CO)C1. The normalized spacial score (nSPS) is 30.6. The van der Waals surface area contributed by atoms with Gasteiger partial charge in [-0.3, -0.25) is 0 Å². The minimum atomic E-state index is -0.211. The van der Waals surface area contributed by atoms with Crippen molar-refractivity contribution in [1.82, 2.24) is 0 Å². The van der Waals surface area contributed by atoms with Crippen molar-refractivity contribution in [2.75, 3.05) is 13.2 Å². The third-order valence-electron chi connectivity index (χ3n) is 1.82. The average Bonchev–Trinajstić information content (AvgIpc) is 2.34. The first kappa shape index (κ1) is 8.90. The topological polar surface area (TPSA) is 46.5 Å². The Balaban J connectivity index is 2.24. The molecule has 0 saturated carbocycles. The van der Waals surface area contributed by atoms with Crippen molar-refractivity contribution in [3.8, 4) is 0 Å². The van der Waals surface area contributed by atoms with Gasteiger partial charge in [0.2, 0.25) is 0 Å². The van der Waals surface area contributed by atoms with Crippen LogP contribution in [0.25, 0.3) is 0 Å². The summed E-state index contributed by atoms with van der Waals surface area (Å²) in [5, 5.41) is 8.47. The molecular weight excluding hydrogens is 164 g/mol. The third kappa shape index (κ3) is 2.73. The average molecular weight is 175 g/mol. The molecule has 11 heavy (non-hydrogen) atoms. The van der Waals surface area contributed by atoms with Gasteiger partial charge in [0.1, 0.15) is 0 Å². The maximum atomic E-state index is 10.5. The molecule has 2 unspecified atom stereocenters. The Labute approximate surface area is 71.1 Å². The van der Waals surface area contributed by atoms with Crippen LogP contribution in [0, 0.1) is 5.92 Å². The van der Waals surface area contributed by atoms with E-state index in [0.717, 1.165) is 6.42 Å². The lowest BCUT2D eigenvalue weighted by atomic mass is 10.0. The Morgan fingerprint density at radius 3 is 2.91 bits per heavy atom. The van der Waals surface area contributed by atoms with Gasteiger partial charge < -0.3 is 27.3 Å². The Kier molecular flexibility index (Phi) is 3.23. The lowest BCUT2D eigenvalue weighted by Crippen LogP contribution is -2.10. The summed E-state index contributed by atoms with van der Waals surface area (Å²) in [7, 11) is 0. The van der Waals surface area contributed by atoms with Crippen LogP contribution in [0.15, 0.2) is 0 Å². The third-order valence-corrected chi connectivity index (χ3v) is 1.99. The summed E-state index contributed by atoms with van der Waals surface area (Å²) in [6, 6.07) is 0. The second kappa shape index (κ2) is 3.99. The van der Waals surface area contributed by atoms with Crippen LogP contribution < -0.4 is 0 Å². The quantitative estimate of drug-likeness (QED) is 0.606. The lowest BCUT2D eigenvalue weighted by molar-refractivity contribution is -0.111. The van der Waals surface area contributed by atoms with Gasteiger partial charge in [-0.2, -0.15) is 0 Å². The smallest absolute Gasteiger partial charge is 0.0809 e. The number of rotatable bonds is 3. The second-order valence-corrected chi connectivity index (χ2v) is 3.27. The van der Waals surface area contributed by atoms with Gasteiger partial charge >= 0.3 is 0 Å². The Morgan fingerprint density at radius 2 is 2.45 bits per heavy atom. The van der Waals surface area contributed by atoms with E-state index in [1.165, 1.54) is 0 Å². The first-order valence-electron chi connectivity index (χ1n) is 3.64. The fourth-order valence-corrected chi connectivity index (χ4v) is 1.52. The van der Waals surface area contributed by atoms with Gasteiger partial charge in [0.25, 0.3) is 0 Å². The number of aliphatic hydroxyl groups is 1. The van der Waals surface area contributed by atoms with E-state index in [4.69, 9.17) is 9.84 Å². The van der Waals surface area contributed by atoms with Gasteiger partial charge in [-0.1, -0.05) is 0 Å². The molecule has 0 aliphatic carbocycles. The number of hydrogen-bond donors (Lipinski definition) is 1. The number of carbonyl (C=O) groups excluding carboxylic acids is 1. The standard InChI is InChI=1S/C7H12O3S/c8-3-6-1-5(4-10-6)2-7(9)11/h5-6,8H,1-4H2,(H,9,11)/p-1. The maximum Gasteiger partial charge on any atom is 0.0809 e. The molecule has 0 radical (unpaired) electrons. The molecule has 0 spiro atoms. The van der Waals surface area contributed by atoms with Crippen LogP contribution in [0.5, 0.6) is 0 Å². The highest BCUT2D eigenvalue weighted by molar-refractivity contribution is 7.77. The number of hydrogen-bond acceptors (Lipinski definition) is 4. The molecule has 0 bridgehead atoms. The summed E-state index contributed by atoms with van der Waals surface area (Å²) in [5.41, 5.74) is 0. The van der Waals surface area contributed by atoms with E-state index in [0.29, 0.717) is 13.0 Å². The van der Waals surface area contributed by atoms with Crippen LogP contribution in [-0.2, 0) is 22.2 Å². The molecular formula is C7H11O3S-. The van der Waals surface area contributed by atoms with Gasteiger partial charge in [0, 0.05) is 5.12 Å². The molecule has 1 N–H and O–H groups in total. The molecule has 1 rings (SSSR count). The van der Waals surface area contributed by atoms with E-state index in [2.05, 4.69) is 12.6 Å². The fourth-order valence-electron chi connectivity index (χ4n) is 1.29. The first-order chi connectivity index (χ1) is 5.22. The van der Waals surface area contributed by atoms with Crippen molar-refractivity contribution < 1.29 is 14.6 Å². The molecule has 4 heteroatoms. The van der Waals surface area contributed by atoms with Crippen molar-refractivity contribution in [3.05, 3.63) is 0 Å². The van der Waals surface area contributed by atoms with Crippen LogP contribution in [0.2, 0.25) is 0 Å². The minimum absolute atomic E-state index is 0.0438. The lowest BCUT2D eigenvalue weighted by Gasteiger charge is -2.08. The summed E-state index contributed by atoms with van der Waals surface area (Å²) < 4.78 is 5.17. The molecule has 3 nitrogen and oxygen atoms in total. The van der Waals surface area contributed by atoms with Crippen molar-refractivity contribution in [2.45, 2.75) is 18.9 Å². The minimum Gasteiger partial charge on any atom is -0.742 e. The van der Waals surface area contributed by atoms with Crippen molar-refractivity contribution in [3.63, 3.8) is 0 Å². The molecule has 1 aliphatic rings. The highest BCUT2D eigenvalue weighted by Crippen LogP contribution is 2.21. The van der Waals surface area contributed by atoms with Crippen LogP contribution in [0.3, 0.4) is 0 Å². The first-order valence-corrected chi connectivity index (χ1v) is 4.05. The van der Waals surface area contributed by atoms with Gasteiger partial charge in [-0.05, 0) is 18.8 Å². The summed E-state index contributed by atoms with van der Waals surface area (Å²) in [5.74, 6) is 0.233. The summed E-state index contributed by atoms with van der Waals surface area (Å²) >= 11 is 4.43. The molecule has 0 aromatic carbocycles. The largest absolute Gasteiger partial charge is 0.742 e. The van der Waals surface area contributed by atoms with E-state index in [9.17, 15) is 4.79 Å². The second-order valence-electron chi connectivity index (χ2n) is 2.82. The van der Waals surface area contributed by atoms with Gasteiger partial charge in [-0.25, -0.2) is 0 Å². The predicted molar refractivity (Wildman–Crippen MR) is 41.9 cm³/mol. The Bertz CT molecular complexity index is 149. The van der Waals surface area contributed by atoms with E-state index in [1.807, 2.05) is 0 Å². The van der Waals surface area contributed by atoms with Crippen molar-refractivity contribution >= 4 is 17.7 Å². The van der Waals surface area contributed by atoms with E-state index >= 15 is 0 Å². The van der Waals surface area contributed by atoms with E-state index in [-0.39, 0.29) is 23.7 Å². The molecule has 0 amide bonds. The molecule has 1 aliphatic heterocycles. The highest BCUT2D eigenvalue weighted by Gasteiger charge is 2.24. The van der Waals surface area contributed by atoms with E-state index < -0.39 is 0 Å². The highest BCUT2D eigenvalue weighted by atomic mass is 32.1. The molecule has 0 aromatic heterocycles. The van der Waals surface area contributed by atoms with Gasteiger partial charge in [0.05, 0.1) is 19.3 Å². The summed E-state index contributed by atoms with van der Waals surface area (Å²) in [4.78, 5) is 10.5. The zero-order chi connectivity index (χ0) is 8.27. The zero-order valence-corrected chi connectivity index (χ0v) is 6.97. The molecule has 1 heterocycles. The van der Waals surface area contributed by atoms with Crippen LogP contribution in [0.1, 0.15) is 12.8 Å². The van der Waals surface area contributed by atoms with Gasteiger partial charge in [-0.15, -0.1) is 0 Å². The van der Waals surface area contributed by atoms with Crippen molar-refractivity contribution in [2.24, 2.45) is 5.92 Å². The molecule has 1 saturated heterocycles. The molecule has 64 valence electrons. The Hall–Kier alpha value is -0.190. The van der Waals surface area contributed by atoms with Crippen molar-refractivity contribution in [1.29, 1.82) is 0 Å². The summed E-state index contributed by atoms with van der Waals surface area (Å²) in [6.07, 6.45) is 1.10. The monoisotopic (exact) mass is 175 g/mol. The van der Waals surface area contributed by atoms with Crippen LogP contribution >= 0.6 is 0 Å². The number of carbonyl (C=O) groups is 1. The predicted octanol–water partition coefficient (Wildman–Crippen LogP) is -0.153. The molecule has 0 aromatic rings.